The van der Waals surface area contributed by atoms with E-state index in [1.807, 2.05) is 0 Å². The molecule has 0 bridgehead atoms. The molecule has 1 unspecified atom stereocenters. The molecule has 0 aromatic heterocycles. The molecule has 1 saturated carbocycles. The Morgan fingerprint density at radius 3 is 2.67 bits per heavy atom. The average Bonchev–Trinajstić information content (AvgIpc) is 2.67. The van der Waals surface area contributed by atoms with Crippen LogP contribution in [0.1, 0.15) is 57.8 Å². The quantitative estimate of drug-likeness (QED) is 0.801. The van der Waals surface area contributed by atoms with Crippen LogP contribution in [0.5, 0.6) is 0 Å². The normalized spacial score (nSPS) is 22.5. The molecule has 1 aromatic carbocycles. The standard InChI is InChI=1S/C20H29FN2O3S/c21-17-7-4-10-19(14-17)27(25,26)23-13-5-6-16(15-23)11-12-20(24)22-18-8-2-1-3-9-18/h4,7,10,14,16,18H,1-3,5-6,8-9,11-13,15H2,(H,22,24). The van der Waals surface area contributed by atoms with Gasteiger partial charge in [0.1, 0.15) is 5.82 Å². The van der Waals surface area contributed by atoms with Crippen molar-refractivity contribution in [3.8, 4) is 0 Å². The van der Waals surface area contributed by atoms with E-state index in [0.29, 0.717) is 32.0 Å². The Morgan fingerprint density at radius 1 is 1.15 bits per heavy atom. The first-order valence-corrected chi connectivity index (χ1v) is 11.4. The number of halogens is 1. The molecule has 3 rings (SSSR count). The van der Waals surface area contributed by atoms with Gasteiger partial charge in [-0.1, -0.05) is 25.3 Å². The van der Waals surface area contributed by atoms with Gasteiger partial charge in [-0.15, -0.1) is 0 Å². The predicted molar refractivity (Wildman–Crippen MR) is 102 cm³/mol. The van der Waals surface area contributed by atoms with Crippen LogP contribution in [0, 0.1) is 11.7 Å². The summed E-state index contributed by atoms with van der Waals surface area (Å²) >= 11 is 0. The summed E-state index contributed by atoms with van der Waals surface area (Å²) in [5, 5.41) is 3.12. The molecule has 1 amide bonds. The zero-order chi connectivity index (χ0) is 19.3. The summed E-state index contributed by atoms with van der Waals surface area (Å²) in [7, 11) is -3.69. The van der Waals surface area contributed by atoms with E-state index in [-0.39, 0.29) is 16.7 Å². The van der Waals surface area contributed by atoms with E-state index in [4.69, 9.17) is 0 Å². The molecule has 27 heavy (non-hydrogen) atoms. The summed E-state index contributed by atoms with van der Waals surface area (Å²) in [4.78, 5) is 12.2. The lowest BCUT2D eigenvalue weighted by atomic mass is 9.93. The molecule has 1 aliphatic carbocycles. The van der Waals surface area contributed by atoms with Crippen LogP contribution in [0.4, 0.5) is 4.39 Å². The Balaban J connectivity index is 1.52. The number of carbonyl (C=O) groups excluding carboxylic acids is 1. The lowest BCUT2D eigenvalue weighted by Crippen LogP contribution is -2.40. The fourth-order valence-electron chi connectivity index (χ4n) is 4.14. The average molecular weight is 397 g/mol. The van der Waals surface area contributed by atoms with Crippen LogP contribution in [0.2, 0.25) is 0 Å². The smallest absolute Gasteiger partial charge is 0.243 e. The second-order valence-corrected chi connectivity index (χ2v) is 9.71. The Bertz CT molecular complexity index is 747. The Morgan fingerprint density at radius 2 is 1.93 bits per heavy atom. The van der Waals surface area contributed by atoms with Crippen LogP contribution in [0.15, 0.2) is 29.2 Å². The minimum absolute atomic E-state index is 0.00167. The maximum absolute atomic E-state index is 13.4. The van der Waals surface area contributed by atoms with Crippen molar-refractivity contribution >= 4 is 15.9 Å². The number of hydrogen-bond donors (Lipinski definition) is 1. The molecule has 1 N–H and O–H groups in total. The van der Waals surface area contributed by atoms with Gasteiger partial charge in [-0.3, -0.25) is 4.79 Å². The highest BCUT2D eigenvalue weighted by molar-refractivity contribution is 7.89. The number of benzene rings is 1. The first-order valence-electron chi connectivity index (χ1n) is 10.0. The van der Waals surface area contributed by atoms with Crippen molar-refractivity contribution in [2.24, 2.45) is 5.92 Å². The number of sulfonamides is 1. The highest BCUT2D eigenvalue weighted by Gasteiger charge is 2.30. The number of carbonyl (C=O) groups is 1. The van der Waals surface area contributed by atoms with Crippen LogP contribution in [-0.2, 0) is 14.8 Å². The van der Waals surface area contributed by atoms with Gasteiger partial charge in [-0.05, 0) is 56.2 Å². The minimum Gasteiger partial charge on any atom is -0.353 e. The van der Waals surface area contributed by atoms with E-state index in [1.165, 1.54) is 41.8 Å². The third-order valence-corrected chi connectivity index (χ3v) is 7.53. The molecule has 5 nitrogen and oxygen atoms in total. The minimum atomic E-state index is -3.69. The summed E-state index contributed by atoms with van der Waals surface area (Å²) in [6.07, 6.45) is 8.56. The summed E-state index contributed by atoms with van der Waals surface area (Å²) in [6.45, 7) is 0.846. The molecule has 0 spiro atoms. The van der Waals surface area contributed by atoms with Gasteiger partial charge < -0.3 is 5.32 Å². The maximum Gasteiger partial charge on any atom is 0.243 e. The first-order chi connectivity index (χ1) is 12.9. The Hall–Kier alpha value is -1.47. The van der Waals surface area contributed by atoms with E-state index in [1.54, 1.807) is 0 Å². The van der Waals surface area contributed by atoms with Crippen molar-refractivity contribution in [1.82, 2.24) is 9.62 Å². The Kier molecular flexibility index (Phi) is 6.87. The van der Waals surface area contributed by atoms with Gasteiger partial charge in [0.25, 0.3) is 0 Å². The number of rotatable bonds is 6. The summed E-state index contributed by atoms with van der Waals surface area (Å²) in [5.41, 5.74) is 0. The van der Waals surface area contributed by atoms with E-state index in [9.17, 15) is 17.6 Å². The lowest BCUT2D eigenvalue weighted by Gasteiger charge is -2.32. The lowest BCUT2D eigenvalue weighted by molar-refractivity contribution is -0.122. The third-order valence-electron chi connectivity index (χ3n) is 5.67. The van der Waals surface area contributed by atoms with Gasteiger partial charge in [-0.2, -0.15) is 4.31 Å². The van der Waals surface area contributed by atoms with Gasteiger partial charge in [-0.25, -0.2) is 12.8 Å². The van der Waals surface area contributed by atoms with Crippen molar-refractivity contribution in [3.63, 3.8) is 0 Å². The zero-order valence-corrected chi connectivity index (χ0v) is 16.5. The zero-order valence-electron chi connectivity index (χ0n) is 15.7. The first kappa shape index (κ1) is 20.3. The molecule has 2 fully saturated rings. The monoisotopic (exact) mass is 396 g/mol. The maximum atomic E-state index is 13.4. The highest BCUT2D eigenvalue weighted by Crippen LogP contribution is 2.26. The second kappa shape index (κ2) is 9.15. The second-order valence-electron chi connectivity index (χ2n) is 7.77. The third kappa shape index (κ3) is 5.51. The van der Waals surface area contributed by atoms with Crippen LogP contribution in [-0.4, -0.2) is 37.8 Å². The fourth-order valence-corrected chi connectivity index (χ4v) is 5.73. The van der Waals surface area contributed by atoms with Gasteiger partial charge in [0, 0.05) is 25.6 Å². The van der Waals surface area contributed by atoms with Gasteiger partial charge >= 0.3 is 0 Å². The van der Waals surface area contributed by atoms with Crippen molar-refractivity contribution in [2.45, 2.75) is 68.7 Å². The molecule has 7 heteroatoms. The topological polar surface area (TPSA) is 66.5 Å². The number of nitrogens with zero attached hydrogens (tertiary/aromatic N) is 1. The predicted octanol–water partition coefficient (Wildman–Crippen LogP) is 3.46. The fraction of sp³-hybridized carbons (Fsp3) is 0.650. The molecule has 150 valence electrons. The van der Waals surface area contributed by atoms with Gasteiger partial charge in [0.05, 0.1) is 4.90 Å². The molecule has 1 heterocycles. The molecule has 1 aromatic rings. The number of hydrogen-bond acceptors (Lipinski definition) is 3. The van der Waals surface area contributed by atoms with Crippen molar-refractivity contribution in [1.29, 1.82) is 0 Å². The van der Waals surface area contributed by atoms with E-state index in [0.717, 1.165) is 31.7 Å². The largest absolute Gasteiger partial charge is 0.353 e. The molecule has 1 aliphatic heterocycles. The van der Waals surface area contributed by atoms with Crippen molar-refractivity contribution in [3.05, 3.63) is 30.1 Å². The van der Waals surface area contributed by atoms with Crippen molar-refractivity contribution in [2.75, 3.05) is 13.1 Å². The molecule has 0 radical (unpaired) electrons. The van der Waals surface area contributed by atoms with E-state index < -0.39 is 15.8 Å². The Labute approximate surface area is 161 Å². The van der Waals surface area contributed by atoms with E-state index in [2.05, 4.69) is 5.32 Å². The number of amides is 1. The SMILES string of the molecule is O=C(CCC1CCCN(S(=O)(=O)c2cccc(F)c2)C1)NC1CCCCC1. The molecule has 1 atom stereocenters. The molecule has 2 aliphatic rings. The molecule has 1 saturated heterocycles. The summed E-state index contributed by atoms with van der Waals surface area (Å²) in [6, 6.07) is 5.46. The van der Waals surface area contributed by atoms with Gasteiger partial charge in [0.2, 0.25) is 15.9 Å². The van der Waals surface area contributed by atoms with Crippen LogP contribution >= 0.6 is 0 Å². The molecular formula is C20H29FN2O3S. The molecular weight excluding hydrogens is 367 g/mol. The van der Waals surface area contributed by atoms with Crippen LogP contribution < -0.4 is 5.32 Å². The van der Waals surface area contributed by atoms with Gasteiger partial charge in [0.15, 0.2) is 0 Å². The summed E-state index contributed by atoms with van der Waals surface area (Å²) < 4.78 is 40.4. The summed E-state index contributed by atoms with van der Waals surface area (Å²) in [5.74, 6) is -0.310. The number of piperidine rings is 1. The number of nitrogens with one attached hydrogen (secondary N) is 1. The van der Waals surface area contributed by atoms with Crippen LogP contribution in [0.25, 0.3) is 0 Å². The van der Waals surface area contributed by atoms with Crippen molar-refractivity contribution < 1.29 is 17.6 Å². The highest BCUT2D eigenvalue weighted by atomic mass is 32.2. The van der Waals surface area contributed by atoms with E-state index >= 15 is 0 Å². The van der Waals surface area contributed by atoms with Crippen LogP contribution in [0.3, 0.4) is 0 Å².